The summed E-state index contributed by atoms with van der Waals surface area (Å²) < 4.78 is 7.70. The first-order valence-electron chi connectivity index (χ1n) is 10.7. The maximum absolute atomic E-state index is 5.50. The topological polar surface area (TPSA) is 72.9 Å². The van der Waals surface area contributed by atoms with Gasteiger partial charge in [0.1, 0.15) is 0 Å². The van der Waals surface area contributed by atoms with Crippen LogP contribution in [0.25, 0.3) is 11.4 Å². The summed E-state index contributed by atoms with van der Waals surface area (Å²) in [6.45, 7) is 4.94. The van der Waals surface area contributed by atoms with Crippen LogP contribution in [0.2, 0.25) is 0 Å². The van der Waals surface area contributed by atoms with Crippen LogP contribution < -0.4 is 0 Å². The van der Waals surface area contributed by atoms with E-state index in [0.29, 0.717) is 24.0 Å². The van der Waals surface area contributed by atoms with Gasteiger partial charge in [0.2, 0.25) is 11.7 Å². The van der Waals surface area contributed by atoms with Crippen LogP contribution in [0.15, 0.2) is 64.3 Å². The smallest absolute Gasteiger partial charge is 0.237 e. The number of hydrogen-bond acceptors (Lipinski definition) is 7. The van der Waals surface area contributed by atoms with Gasteiger partial charge in [-0.2, -0.15) is 4.98 Å². The summed E-state index contributed by atoms with van der Waals surface area (Å²) in [5.74, 6) is 2.67. The minimum atomic E-state index is 0.192. The van der Waals surface area contributed by atoms with Gasteiger partial charge in [-0.05, 0) is 33.0 Å². The number of aromatic nitrogens is 5. The van der Waals surface area contributed by atoms with Crippen molar-refractivity contribution in [2.24, 2.45) is 0 Å². The van der Waals surface area contributed by atoms with Crippen molar-refractivity contribution >= 4 is 11.8 Å². The molecular weight excluding hydrogens is 420 g/mol. The van der Waals surface area contributed by atoms with Gasteiger partial charge in [-0.3, -0.25) is 4.90 Å². The van der Waals surface area contributed by atoms with Crippen molar-refractivity contribution < 1.29 is 4.52 Å². The average Bonchev–Trinajstić information content (AvgIpc) is 3.42. The molecule has 0 N–H and O–H groups in total. The average molecular weight is 449 g/mol. The molecule has 0 spiro atoms. The second-order valence-electron chi connectivity index (χ2n) is 7.97. The Morgan fingerprint density at radius 1 is 1.03 bits per heavy atom. The molecule has 4 rings (SSSR count). The largest absolute Gasteiger partial charge is 0.338 e. The van der Waals surface area contributed by atoms with E-state index in [1.807, 2.05) is 30.3 Å². The minimum absolute atomic E-state index is 0.192. The molecule has 2 aromatic carbocycles. The molecule has 2 aromatic heterocycles. The van der Waals surface area contributed by atoms with Crippen molar-refractivity contribution in [1.29, 1.82) is 0 Å². The van der Waals surface area contributed by atoms with Crippen molar-refractivity contribution in [3.63, 3.8) is 0 Å². The van der Waals surface area contributed by atoms with Crippen LogP contribution in [0.4, 0.5) is 0 Å². The number of aryl methyl sites for hydroxylation is 1. The predicted molar refractivity (Wildman–Crippen MR) is 126 cm³/mol. The van der Waals surface area contributed by atoms with Crippen LogP contribution in [-0.2, 0) is 12.3 Å². The van der Waals surface area contributed by atoms with Gasteiger partial charge in [-0.25, -0.2) is 0 Å². The summed E-state index contributed by atoms with van der Waals surface area (Å²) >= 11 is 1.57. The Balaban J connectivity index is 1.55. The van der Waals surface area contributed by atoms with Crippen molar-refractivity contribution in [2.45, 2.75) is 43.8 Å². The van der Waals surface area contributed by atoms with Crippen LogP contribution in [0, 0.1) is 6.92 Å². The molecule has 0 saturated heterocycles. The molecule has 0 bridgehead atoms. The van der Waals surface area contributed by atoms with Gasteiger partial charge in [0, 0.05) is 5.56 Å². The molecular formula is C24H28N6OS. The van der Waals surface area contributed by atoms with Gasteiger partial charge in [0.15, 0.2) is 11.0 Å². The number of thioether (sulfide) groups is 1. The summed E-state index contributed by atoms with van der Waals surface area (Å²) in [6, 6.07) is 18.7. The zero-order valence-corrected chi connectivity index (χ0v) is 19.7. The molecule has 166 valence electrons. The highest BCUT2D eigenvalue weighted by atomic mass is 32.2. The highest BCUT2D eigenvalue weighted by Crippen LogP contribution is 2.28. The van der Waals surface area contributed by atoms with Gasteiger partial charge in [-0.15, -0.1) is 10.2 Å². The Hall–Kier alpha value is -2.97. The molecule has 0 fully saturated rings. The molecule has 8 heteroatoms. The lowest BCUT2D eigenvalue weighted by Gasteiger charge is -2.23. The molecule has 1 unspecified atom stereocenters. The molecule has 1 atom stereocenters. The number of rotatable bonds is 9. The number of hydrogen-bond donors (Lipinski definition) is 0. The zero-order chi connectivity index (χ0) is 22.5. The second kappa shape index (κ2) is 10.1. The molecule has 0 aliphatic carbocycles. The second-order valence-corrected chi connectivity index (χ2v) is 8.91. The van der Waals surface area contributed by atoms with E-state index in [1.165, 1.54) is 11.1 Å². The normalized spacial score (nSPS) is 12.4. The van der Waals surface area contributed by atoms with Gasteiger partial charge < -0.3 is 9.09 Å². The van der Waals surface area contributed by atoms with Crippen LogP contribution in [0.5, 0.6) is 0 Å². The first-order valence-corrected chi connectivity index (χ1v) is 11.7. The third-order valence-electron chi connectivity index (χ3n) is 5.34. The Morgan fingerprint density at radius 3 is 2.47 bits per heavy atom. The van der Waals surface area contributed by atoms with Gasteiger partial charge in [0.25, 0.3) is 0 Å². The van der Waals surface area contributed by atoms with E-state index in [4.69, 9.17) is 4.52 Å². The summed E-state index contributed by atoms with van der Waals surface area (Å²) in [6.07, 6.45) is 0.953. The van der Waals surface area contributed by atoms with E-state index in [0.717, 1.165) is 23.0 Å². The molecule has 0 saturated carbocycles. The van der Waals surface area contributed by atoms with E-state index in [1.54, 1.807) is 11.8 Å². The number of nitrogens with zero attached hydrogens (tertiary/aromatic N) is 6. The number of benzene rings is 2. The van der Waals surface area contributed by atoms with Crippen molar-refractivity contribution in [2.75, 3.05) is 14.1 Å². The lowest BCUT2D eigenvalue weighted by atomic mass is 10.1. The fourth-order valence-electron chi connectivity index (χ4n) is 3.61. The van der Waals surface area contributed by atoms with Crippen molar-refractivity contribution in [3.8, 4) is 11.4 Å². The van der Waals surface area contributed by atoms with Crippen molar-refractivity contribution in [1.82, 2.24) is 29.8 Å². The molecule has 7 nitrogen and oxygen atoms in total. The van der Waals surface area contributed by atoms with Gasteiger partial charge in [-0.1, -0.05) is 84.0 Å². The fourth-order valence-corrected chi connectivity index (χ4v) is 4.39. The lowest BCUT2D eigenvalue weighted by molar-refractivity contribution is 0.272. The zero-order valence-electron chi connectivity index (χ0n) is 18.9. The Labute approximate surface area is 192 Å². The standard InChI is InChI=1S/C24H28N6OS/c1-5-20(29(3)4)23-26-27-24(30(23)15-18-9-7-6-8-10-18)32-16-21-25-22(28-31-21)19-13-11-17(2)12-14-19/h6-14,20H,5,15-16H2,1-4H3. The van der Waals surface area contributed by atoms with Crippen LogP contribution >= 0.6 is 11.8 Å². The summed E-state index contributed by atoms with van der Waals surface area (Å²) in [4.78, 5) is 6.75. The first-order chi connectivity index (χ1) is 15.5. The molecule has 0 amide bonds. The molecule has 4 aromatic rings. The van der Waals surface area contributed by atoms with Crippen molar-refractivity contribution in [3.05, 3.63) is 77.4 Å². The molecule has 32 heavy (non-hydrogen) atoms. The third-order valence-corrected chi connectivity index (χ3v) is 6.29. The van der Waals surface area contributed by atoms with Crippen LogP contribution in [0.1, 0.15) is 42.2 Å². The van der Waals surface area contributed by atoms with E-state index in [9.17, 15) is 0 Å². The van der Waals surface area contributed by atoms with E-state index in [-0.39, 0.29) is 6.04 Å². The van der Waals surface area contributed by atoms with E-state index in [2.05, 4.69) is 82.0 Å². The van der Waals surface area contributed by atoms with Gasteiger partial charge >= 0.3 is 0 Å². The van der Waals surface area contributed by atoms with Crippen LogP contribution in [-0.4, -0.2) is 43.9 Å². The Kier molecular flexibility index (Phi) is 7.02. The first kappa shape index (κ1) is 22.2. The maximum atomic E-state index is 5.50. The Morgan fingerprint density at radius 2 is 1.78 bits per heavy atom. The SMILES string of the molecule is CCC(c1nnc(SCc2nc(-c3ccc(C)cc3)no2)n1Cc1ccccc1)N(C)C. The minimum Gasteiger partial charge on any atom is -0.338 e. The van der Waals surface area contributed by atoms with Crippen LogP contribution in [0.3, 0.4) is 0 Å². The summed E-state index contributed by atoms with van der Waals surface area (Å²) in [5.41, 5.74) is 3.36. The highest BCUT2D eigenvalue weighted by molar-refractivity contribution is 7.98. The highest BCUT2D eigenvalue weighted by Gasteiger charge is 2.22. The quantitative estimate of drug-likeness (QED) is 0.334. The maximum Gasteiger partial charge on any atom is 0.237 e. The fraction of sp³-hybridized carbons (Fsp3) is 0.333. The van der Waals surface area contributed by atoms with E-state index < -0.39 is 0 Å². The molecule has 0 radical (unpaired) electrons. The predicted octanol–water partition coefficient (Wildman–Crippen LogP) is 4.99. The summed E-state index contributed by atoms with van der Waals surface area (Å²) in [7, 11) is 4.15. The molecule has 2 heterocycles. The third kappa shape index (κ3) is 5.08. The monoisotopic (exact) mass is 448 g/mol. The Bertz CT molecular complexity index is 1140. The molecule has 0 aliphatic rings. The van der Waals surface area contributed by atoms with Gasteiger partial charge in [0.05, 0.1) is 18.3 Å². The van der Waals surface area contributed by atoms with E-state index >= 15 is 0 Å². The lowest BCUT2D eigenvalue weighted by Crippen LogP contribution is -2.23. The molecule has 0 aliphatic heterocycles. The summed E-state index contributed by atoms with van der Waals surface area (Å²) in [5, 5.41) is 14.1.